The highest BCUT2D eigenvalue weighted by Crippen LogP contribution is 2.54. The van der Waals surface area contributed by atoms with Gasteiger partial charge in [0.25, 0.3) is 5.91 Å². The maximum absolute atomic E-state index is 12.8. The second kappa shape index (κ2) is 7.06. The van der Waals surface area contributed by atoms with Crippen LogP contribution in [0.25, 0.3) is 0 Å². The molecular weight excluding hydrogens is 386 g/mol. The predicted molar refractivity (Wildman–Crippen MR) is 108 cm³/mol. The highest BCUT2D eigenvalue weighted by molar-refractivity contribution is 6.05. The van der Waals surface area contributed by atoms with E-state index in [1.54, 1.807) is 19.1 Å². The van der Waals surface area contributed by atoms with E-state index in [0.29, 0.717) is 29.9 Å². The van der Waals surface area contributed by atoms with E-state index in [4.69, 9.17) is 9.47 Å². The number of hydrogen-bond donors (Lipinski definition) is 1. The number of fused-ring (bicyclic) bond motifs is 1. The van der Waals surface area contributed by atoms with Crippen LogP contribution in [-0.4, -0.2) is 62.3 Å². The number of carbonyl (C=O) groups excluding carboxylic acids is 3. The van der Waals surface area contributed by atoms with Crippen LogP contribution in [0.15, 0.2) is 18.2 Å². The van der Waals surface area contributed by atoms with Crippen LogP contribution >= 0.6 is 0 Å². The van der Waals surface area contributed by atoms with E-state index in [9.17, 15) is 14.4 Å². The Morgan fingerprint density at radius 2 is 1.87 bits per heavy atom. The molecule has 1 aromatic rings. The summed E-state index contributed by atoms with van der Waals surface area (Å²) >= 11 is 0. The number of nitrogens with one attached hydrogen (secondary N) is 1. The van der Waals surface area contributed by atoms with Crippen LogP contribution < -0.4 is 10.2 Å². The summed E-state index contributed by atoms with van der Waals surface area (Å²) in [7, 11) is 3.38. The highest BCUT2D eigenvalue weighted by atomic mass is 16.7. The molecule has 1 aromatic carbocycles. The molecule has 0 unspecified atom stereocenters. The molecule has 1 N–H and O–H groups in total. The monoisotopic (exact) mass is 413 g/mol. The molecule has 4 aliphatic rings. The zero-order valence-corrected chi connectivity index (χ0v) is 17.3. The third-order valence-electron chi connectivity index (χ3n) is 7.16. The number of anilines is 1. The molecule has 0 aromatic heterocycles. The van der Waals surface area contributed by atoms with Crippen molar-refractivity contribution in [1.82, 2.24) is 10.2 Å². The summed E-state index contributed by atoms with van der Waals surface area (Å²) in [5.74, 6) is -0.308. The molecule has 30 heavy (non-hydrogen) atoms. The lowest BCUT2D eigenvalue weighted by Crippen LogP contribution is -2.64. The van der Waals surface area contributed by atoms with E-state index in [1.807, 2.05) is 12.1 Å². The van der Waals surface area contributed by atoms with Crippen LogP contribution in [0.5, 0.6) is 0 Å². The number of amides is 3. The Morgan fingerprint density at radius 3 is 2.53 bits per heavy atom. The molecule has 0 radical (unpaired) electrons. The van der Waals surface area contributed by atoms with Crippen molar-refractivity contribution in [2.45, 2.75) is 44.6 Å². The van der Waals surface area contributed by atoms with Gasteiger partial charge in [0.2, 0.25) is 11.8 Å². The fraction of sp³-hybridized carbons (Fsp3) is 0.591. The molecule has 1 aliphatic carbocycles. The van der Waals surface area contributed by atoms with Gasteiger partial charge in [-0.1, -0.05) is 0 Å². The molecular formula is C22H27N3O5. The molecule has 1 spiro atoms. The maximum Gasteiger partial charge on any atom is 0.255 e. The van der Waals surface area contributed by atoms with Crippen molar-refractivity contribution >= 4 is 23.4 Å². The van der Waals surface area contributed by atoms with Crippen LogP contribution in [0, 0.1) is 11.3 Å². The Hall–Kier alpha value is -2.45. The van der Waals surface area contributed by atoms with Gasteiger partial charge in [-0.25, -0.2) is 0 Å². The zero-order chi connectivity index (χ0) is 21.0. The lowest BCUT2D eigenvalue weighted by atomic mass is 9.57. The Morgan fingerprint density at radius 1 is 1.13 bits per heavy atom. The number of benzene rings is 1. The summed E-state index contributed by atoms with van der Waals surface area (Å²) < 4.78 is 10.8. The van der Waals surface area contributed by atoms with Crippen molar-refractivity contribution in [2.24, 2.45) is 11.3 Å². The standard InChI is InChI=1S/C22H27N3O5/c1-29-21(30-2)14-8-22(9-14)11-24(12-22)15-3-4-16-13(7-15)10-25(20(16)28)17-5-6-18(26)23-19(17)27/h3-4,7,14,17,21H,5-6,8-12H2,1-2H3,(H,23,26,27)/t17-/m0/s1. The third-order valence-corrected chi connectivity index (χ3v) is 7.16. The first-order chi connectivity index (χ1) is 14.4. The summed E-state index contributed by atoms with van der Waals surface area (Å²) in [6.07, 6.45) is 2.77. The van der Waals surface area contributed by atoms with Crippen molar-refractivity contribution < 1.29 is 23.9 Å². The Bertz CT molecular complexity index is 898. The smallest absolute Gasteiger partial charge is 0.255 e. The molecule has 8 heteroatoms. The number of nitrogens with zero attached hydrogens (tertiary/aromatic N) is 2. The van der Waals surface area contributed by atoms with Crippen LogP contribution in [0.2, 0.25) is 0 Å². The van der Waals surface area contributed by atoms with E-state index >= 15 is 0 Å². The molecule has 3 amide bonds. The lowest BCUT2D eigenvalue weighted by Gasteiger charge is -2.60. The minimum atomic E-state index is -0.570. The van der Waals surface area contributed by atoms with E-state index < -0.39 is 6.04 Å². The molecule has 0 bridgehead atoms. The first-order valence-corrected chi connectivity index (χ1v) is 10.5. The summed E-state index contributed by atoms with van der Waals surface area (Å²) in [5.41, 5.74) is 3.09. The lowest BCUT2D eigenvalue weighted by molar-refractivity contribution is -0.184. The first-order valence-electron chi connectivity index (χ1n) is 10.5. The topological polar surface area (TPSA) is 88.2 Å². The zero-order valence-electron chi connectivity index (χ0n) is 17.3. The highest BCUT2D eigenvalue weighted by Gasteiger charge is 2.54. The number of rotatable bonds is 5. The van der Waals surface area contributed by atoms with Crippen LogP contribution in [0.1, 0.15) is 41.6 Å². The van der Waals surface area contributed by atoms with Crippen molar-refractivity contribution in [2.75, 3.05) is 32.2 Å². The van der Waals surface area contributed by atoms with Gasteiger partial charge in [0.1, 0.15) is 6.04 Å². The molecule has 2 saturated heterocycles. The number of ether oxygens (including phenoxy) is 2. The third kappa shape index (κ3) is 3.01. The number of methoxy groups -OCH3 is 2. The fourth-order valence-electron chi connectivity index (χ4n) is 5.69. The van der Waals surface area contributed by atoms with Crippen molar-refractivity contribution in [3.05, 3.63) is 29.3 Å². The quantitative estimate of drug-likeness (QED) is 0.578. The maximum atomic E-state index is 12.8. The normalized spacial score (nSPS) is 25.4. The second-order valence-corrected chi connectivity index (χ2v) is 9.11. The van der Waals surface area contributed by atoms with Crippen LogP contribution in [0.3, 0.4) is 0 Å². The van der Waals surface area contributed by atoms with Crippen molar-refractivity contribution in [3.8, 4) is 0 Å². The number of hydrogen-bond acceptors (Lipinski definition) is 6. The second-order valence-electron chi connectivity index (χ2n) is 9.11. The predicted octanol–water partition coefficient (Wildman–Crippen LogP) is 1.28. The number of piperidine rings is 1. The van der Waals surface area contributed by atoms with Crippen molar-refractivity contribution in [3.63, 3.8) is 0 Å². The van der Waals surface area contributed by atoms with Gasteiger partial charge in [-0.3, -0.25) is 19.7 Å². The minimum absolute atomic E-state index is 0.117. The summed E-state index contributed by atoms with van der Waals surface area (Å²) in [4.78, 5) is 40.4. The largest absolute Gasteiger partial charge is 0.370 e. The Balaban J connectivity index is 1.23. The Kier molecular flexibility index (Phi) is 4.59. The van der Waals surface area contributed by atoms with Crippen LogP contribution in [0.4, 0.5) is 5.69 Å². The van der Waals surface area contributed by atoms with Gasteiger partial charge in [-0.15, -0.1) is 0 Å². The molecule has 3 aliphatic heterocycles. The number of imide groups is 1. The van der Waals surface area contributed by atoms with Crippen molar-refractivity contribution in [1.29, 1.82) is 0 Å². The summed E-state index contributed by atoms with van der Waals surface area (Å²) in [6.45, 7) is 2.43. The molecule has 1 saturated carbocycles. The minimum Gasteiger partial charge on any atom is -0.370 e. The first kappa shape index (κ1) is 19.5. The van der Waals surface area contributed by atoms with E-state index in [2.05, 4.69) is 16.3 Å². The summed E-state index contributed by atoms with van der Waals surface area (Å²) in [5, 5.41) is 2.35. The van der Waals surface area contributed by atoms with Gasteiger partial charge >= 0.3 is 0 Å². The molecule has 8 nitrogen and oxygen atoms in total. The van der Waals surface area contributed by atoms with Gasteiger partial charge in [0.05, 0.1) is 0 Å². The molecule has 1 atom stereocenters. The van der Waals surface area contributed by atoms with E-state index in [1.165, 1.54) is 0 Å². The van der Waals surface area contributed by atoms with Gasteiger partial charge in [-0.2, -0.15) is 0 Å². The fourth-order valence-corrected chi connectivity index (χ4v) is 5.69. The molecule has 3 heterocycles. The Labute approximate surface area is 175 Å². The van der Waals surface area contributed by atoms with Gasteiger partial charge in [0, 0.05) is 62.9 Å². The van der Waals surface area contributed by atoms with E-state index in [0.717, 1.165) is 37.2 Å². The van der Waals surface area contributed by atoms with Crippen LogP contribution in [-0.2, 0) is 25.6 Å². The molecule has 5 rings (SSSR count). The average Bonchev–Trinajstić information content (AvgIpc) is 2.98. The summed E-state index contributed by atoms with van der Waals surface area (Å²) in [6, 6.07) is 5.38. The van der Waals surface area contributed by atoms with Gasteiger partial charge in [-0.05, 0) is 43.0 Å². The van der Waals surface area contributed by atoms with Gasteiger partial charge < -0.3 is 19.3 Å². The molecule has 160 valence electrons. The SMILES string of the molecule is COC(OC)C1CC2(C1)CN(c1ccc3c(c1)CN([C@H]1CCC(=O)NC1=O)C3=O)C2. The number of carbonyl (C=O) groups is 3. The van der Waals surface area contributed by atoms with Gasteiger partial charge in [0.15, 0.2) is 6.29 Å². The van der Waals surface area contributed by atoms with E-state index in [-0.39, 0.29) is 30.4 Å². The molecule has 3 fully saturated rings. The average molecular weight is 413 g/mol.